The van der Waals surface area contributed by atoms with Crippen LogP contribution in [0.4, 0.5) is 5.82 Å². The molecule has 0 spiro atoms. The Hall–Kier alpha value is -2.95. The minimum Gasteiger partial charge on any atom is -0.355 e. The van der Waals surface area contributed by atoms with Crippen molar-refractivity contribution in [2.45, 2.75) is 19.4 Å². The summed E-state index contributed by atoms with van der Waals surface area (Å²) in [4.78, 5) is 23.9. The fourth-order valence-electron chi connectivity index (χ4n) is 3.40. The summed E-state index contributed by atoms with van der Waals surface area (Å²) in [5.41, 5.74) is 2.95. The first-order valence-electron chi connectivity index (χ1n) is 9.08. The van der Waals surface area contributed by atoms with Gasteiger partial charge in [-0.3, -0.25) is 9.78 Å². The Morgan fingerprint density at radius 3 is 2.46 bits per heavy atom. The number of anilines is 1. The van der Waals surface area contributed by atoms with Gasteiger partial charge >= 0.3 is 0 Å². The normalized spacial score (nSPS) is 15.2. The van der Waals surface area contributed by atoms with Gasteiger partial charge in [-0.1, -0.05) is 42.5 Å². The monoisotopic (exact) mass is 346 g/mol. The summed E-state index contributed by atoms with van der Waals surface area (Å²) < 4.78 is 0. The van der Waals surface area contributed by atoms with Crippen LogP contribution < -0.4 is 10.2 Å². The van der Waals surface area contributed by atoms with Gasteiger partial charge in [0.25, 0.3) is 0 Å². The van der Waals surface area contributed by atoms with Crippen LogP contribution in [0.1, 0.15) is 18.4 Å². The number of hydrogen-bond acceptors (Lipinski definition) is 4. The maximum absolute atomic E-state index is 12.4. The molecule has 0 radical (unpaired) electrons. The van der Waals surface area contributed by atoms with E-state index in [4.69, 9.17) is 4.98 Å². The van der Waals surface area contributed by atoms with Crippen LogP contribution in [0.5, 0.6) is 0 Å². The van der Waals surface area contributed by atoms with E-state index in [1.165, 1.54) is 0 Å². The standard InChI is InChI=1S/C21H22N4O/c26-21(23-14-16-6-2-1-3-7-16)17-10-12-25(13-11-17)20-15-22-18-8-4-5-9-19(18)24-20/h1-9,15,17H,10-14H2,(H,23,26). The predicted molar refractivity (Wildman–Crippen MR) is 103 cm³/mol. The molecule has 2 aromatic carbocycles. The van der Waals surface area contributed by atoms with Gasteiger partial charge in [-0.15, -0.1) is 0 Å². The van der Waals surface area contributed by atoms with Crippen LogP contribution in [-0.4, -0.2) is 29.0 Å². The number of nitrogens with zero attached hydrogens (tertiary/aromatic N) is 3. The lowest BCUT2D eigenvalue weighted by Crippen LogP contribution is -2.40. The van der Waals surface area contributed by atoms with E-state index < -0.39 is 0 Å². The molecule has 4 rings (SSSR count). The lowest BCUT2D eigenvalue weighted by atomic mass is 9.96. The van der Waals surface area contributed by atoms with Crippen molar-refractivity contribution in [3.05, 3.63) is 66.4 Å². The quantitative estimate of drug-likeness (QED) is 0.788. The smallest absolute Gasteiger partial charge is 0.223 e. The van der Waals surface area contributed by atoms with Gasteiger partial charge in [0.15, 0.2) is 0 Å². The van der Waals surface area contributed by atoms with Gasteiger partial charge in [-0.25, -0.2) is 4.98 Å². The molecule has 0 aliphatic carbocycles. The first-order chi connectivity index (χ1) is 12.8. The topological polar surface area (TPSA) is 58.1 Å². The van der Waals surface area contributed by atoms with Gasteiger partial charge in [-0.05, 0) is 30.5 Å². The fraction of sp³-hybridized carbons (Fsp3) is 0.286. The van der Waals surface area contributed by atoms with Crippen molar-refractivity contribution in [3.63, 3.8) is 0 Å². The summed E-state index contributed by atoms with van der Waals surface area (Å²) in [5.74, 6) is 1.12. The zero-order chi connectivity index (χ0) is 17.8. The van der Waals surface area contributed by atoms with Gasteiger partial charge in [-0.2, -0.15) is 0 Å². The van der Waals surface area contributed by atoms with Crippen LogP contribution in [0.3, 0.4) is 0 Å². The van der Waals surface area contributed by atoms with E-state index >= 15 is 0 Å². The molecule has 1 aromatic heterocycles. The number of nitrogens with one attached hydrogen (secondary N) is 1. The number of hydrogen-bond donors (Lipinski definition) is 1. The summed E-state index contributed by atoms with van der Waals surface area (Å²) in [6, 6.07) is 17.9. The number of rotatable bonds is 4. The zero-order valence-electron chi connectivity index (χ0n) is 14.6. The molecule has 5 heteroatoms. The molecule has 1 aliphatic heterocycles. The van der Waals surface area contributed by atoms with E-state index in [0.717, 1.165) is 48.3 Å². The number of piperidine rings is 1. The molecule has 5 nitrogen and oxygen atoms in total. The first-order valence-corrected chi connectivity index (χ1v) is 9.08. The van der Waals surface area contributed by atoms with Crippen LogP contribution >= 0.6 is 0 Å². The number of carbonyl (C=O) groups is 1. The van der Waals surface area contributed by atoms with Gasteiger partial charge in [0.2, 0.25) is 5.91 Å². The molecule has 1 saturated heterocycles. The lowest BCUT2D eigenvalue weighted by molar-refractivity contribution is -0.125. The lowest BCUT2D eigenvalue weighted by Gasteiger charge is -2.32. The number of fused-ring (bicyclic) bond motifs is 1. The fourth-order valence-corrected chi connectivity index (χ4v) is 3.40. The highest BCUT2D eigenvalue weighted by atomic mass is 16.1. The number of benzene rings is 2. The first kappa shape index (κ1) is 16.5. The van der Waals surface area contributed by atoms with Crippen molar-refractivity contribution in [2.75, 3.05) is 18.0 Å². The largest absolute Gasteiger partial charge is 0.355 e. The molecule has 0 atom stereocenters. The molecule has 2 heterocycles. The highest BCUT2D eigenvalue weighted by Crippen LogP contribution is 2.23. The Balaban J connectivity index is 1.33. The predicted octanol–water partition coefficient (Wildman–Crippen LogP) is 3.16. The molecule has 26 heavy (non-hydrogen) atoms. The number of aromatic nitrogens is 2. The summed E-state index contributed by atoms with van der Waals surface area (Å²) in [7, 11) is 0. The van der Waals surface area contributed by atoms with Crippen LogP contribution in [0.15, 0.2) is 60.8 Å². The minimum atomic E-state index is 0.0726. The van der Waals surface area contributed by atoms with E-state index in [1.807, 2.05) is 60.8 Å². The van der Waals surface area contributed by atoms with Crippen molar-refractivity contribution in [2.24, 2.45) is 5.92 Å². The average Bonchev–Trinajstić information content (AvgIpc) is 2.72. The van der Waals surface area contributed by atoms with E-state index in [0.29, 0.717) is 6.54 Å². The molecule has 132 valence electrons. The van der Waals surface area contributed by atoms with Gasteiger partial charge in [0, 0.05) is 25.6 Å². The second-order valence-corrected chi connectivity index (χ2v) is 6.68. The van der Waals surface area contributed by atoms with Crippen LogP contribution in [0, 0.1) is 5.92 Å². The van der Waals surface area contributed by atoms with Crippen LogP contribution in [0.25, 0.3) is 11.0 Å². The van der Waals surface area contributed by atoms with E-state index in [9.17, 15) is 4.79 Å². The second-order valence-electron chi connectivity index (χ2n) is 6.68. The van der Waals surface area contributed by atoms with Crippen LogP contribution in [-0.2, 0) is 11.3 Å². The van der Waals surface area contributed by atoms with E-state index in [-0.39, 0.29) is 11.8 Å². The van der Waals surface area contributed by atoms with Crippen molar-refractivity contribution in [3.8, 4) is 0 Å². The highest BCUT2D eigenvalue weighted by molar-refractivity contribution is 5.79. The zero-order valence-corrected chi connectivity index (χ0v) is 14.6. The van der Waals surface area contributed by atoms with E-state index in [1.54, 1.807) is 0 Å². The second kappa shape index (κ2) is 7.52. The third-order valence-electron chi connectivity index (χ3n) is 4.94. The Morgan fingerprint density at radius 1 is 1.00 bits per heavy atom. The van der Waals surface area contributed by atoms with Crippen molar-refractivity contribution in [1.29, 1.82) is 0 Å². The maximum atomic E-state index is 12.4. The van der Waals surface area contributed by atoms with Gasteiger partial charge < -0.3 is 10.2 Å². The summed E-state index contributed by atoms with van der Waals surface area (Å²) >= 11 is 0. The highest BCUT2D eigenvalue weighted by Gasteiger charge is 2.25. The van der Waals surface area contributed by atoms with Crippen molar-refractivity contribution in [1.82, 2.24) is 15.3 Å². The molecular weight excluding hydrogens is 324 g/mol. The summed E-state index contributed by atoms with van der Waals surface area (Å²) in [6.45, 7) is 2.25. The third kappa shape index (κ3) is 3.67. The Kier molecular flexibility index (Phi) is 4.78. The van der Waals surface area contributed by atoms with Crippen molar-refractivity contribution >= 4 is 22.8 Å². The minimum absolute atomic E-state index is 0.0726. The summed E-state index contributed by atoms with van der Waals surface area (Å²) in [6.07, 6.45) is 3.52. The maximum Gasteiger partial charge on any atom is 0.223 e. The van der Waals surface area contributed by atoms with Crippen molar-refractivity contribution < 1.29 is 4.79 Å². The molecule has 0 unspecified atom stereocenters. The van der Waals surface area contributed by atoms with Gasteiger partial charge in [0.05, 0.1) is 17.2 Å². The Labute approximate surface area is 153 Å². The Morgan fingerprint density at radius 2 is 1.69 bits per heavy atom. The number of carbonyl (C=O) groups excluding carboxylic acids is 1. The Bertz CT molecular complexity index is 889. The molecule has 3 aromatic rings. The molecular formula is C21H22N4O. The summed E-state index contributed by atoms with van der Waals surface area (Å²) in [5, 5.41) is 3.06. The number of para-hydroxylation sites is 2. The molecule has 1 amide bonds. The average molecular weight is 346 g/mol. The number of amides is 1. The SMILES string of the molecule is O=C(NCc1ccccc1)C1CCN(c2cnc3ccccc3n2)CC1. The van der Waals surface area contributed by atoms with E-state index in [2.05, 4.69) is 15.2 Å². The third-order valence-corrected chi connectivity index (χ3v) is 4.94. The molecule has 1 fully saturated rings. The molecule has 0 bridgehead atoms. The molecule has 0 saturated carbocycles. The molecule has 1 N–H and O–H groups in total. The molecule has 1 aliphatic rings. The van der Waals surface area contributed by atoms with Gasteiger partial charge in [0.1, 0.15) is 5.82 Å². The van der Waals surface area contributed by atoms with Crippen LogP contribution in [0.2, 0.25) is 0 Å².